The third kappa shape index (κ3) is 4.89. The summed E-state index contributed by atoms with van der Waals surface area (Å²) < 4.78 is 10.5. The predicted molar refractivity (Wildman–Crippen MR) is 100 cm³/mol. The summed E-state index contributed by atoms with van der Waals surface area (Å²) in [6.07, 6.45) is 0. The van der Waals surface area contributed by atoms with Crippen molar-refractivity contribution in [3.63, 3.8) is 0 Å². The molecule has 0 aliphatic heterocycles. The zero-order valence-electron chi connectivity index (χ0n) is 15.5. The maximum Gasteiger partial charge on any atom is 0.242 e. The summed E-state index contributed by atoms with van der Waals surface area (Å²) in [6.45, 7) is 6.40. The van der Waals surface area contributed by atoms with Crippen molar-refractivity contribution in [1.29, 1.82) is 0 Å². The Morgan fingerprint density at radius 3 is 2.36 bits per heavy atom. The number of aryl methyl sites for hydroxylation is 2. The van der Waals surface area contributed by atoms with E-state index in [1.807, 2.05) is 43.3 Å². The van der Waals surface area contributed by atoms with E-state index in [9.17, 15) is 4.79 Å². The van der Waals surface area contributed by atoms with E-state index in [1.165, 1.54) is 11.1 Å². The number of ether oxygens (including phenoxy) is 2. The van der Waals surface area contributed by atoms with Crippen molar-refractivity contribution >= 4 is 11.6 Å². The third-order valence-electron chi connectivity index (χ3n) is 4.20. The minimum atomic E-state index is -0.331. The van der Waals surface area contributed by atoms with E-state index >= 15 is 0 Å². The zero-order valence-corrected chi connectivity index (χ0v) is 15.5. The van der Waals surface area contributed by atoms with Crippen molar-refractivity contribution < 1.29 is 14.3 Å². The fourth-order valence-electron chi connectivity index (χ4n) is 2.48. The monoisotopic (exact) mass is 342 g/mol. The van der Waals surface area contributed by atoms with E-state index in [0.717, 1.165) is 11.3 Å². The van der Waals surface area contributed by atoms with Crippen LogP contribution in [0.3, 0.4) is 0 Å². The van der Waals surface area contributed by atoms with Crippen molar-refractivity contribution in [2.24, 2.45) is 0 Å². The number of anilines is 1. The second kappa shape index (κ2) is 8.42. The highest BCUT2D eigenvalue weighted by atomic mass is 16.5. The normalized spacial score (nSPS) is 11.6. The number of nitrogens with one attached hydrogen (secondary N) is 2. The average Bonchev–Trinajstić information content (AvgIpc) is 2.62. The van der Waals surface area contributed by atoms with E-state index in [0.29, 0.717) is 18.0 Å². The van der Waals surface area contributed by atoms with Crippen molar-refractivity contribution in [3.8, 4) is 11.5 Å². The van der Waals surface area contributed by atoms with Gasteiger partial charge in [-0.15, -0.1) is 0 Å². The number of hydrogen-bond donors (Lipinski definition) is 2. The highest BCUT2D eigenvalue weighted by molar-refractivity contribution is 5.84. The minimum absolute atomic E-state index is 0.0620. The van der Waals surface area contributed by atoms with Crippen LogP contribution in [-0.2, 0) is 11.3 Å². The predicted octanol–water partition coefficient (Wildman–Crippen LogP) is 3.44. The van der Waals surface area contributed by atoms with Crippen LogP contribution in [0, 0.1) is 13.8 Å². The van der Waals surface area contributed by atoms with Crippen molar-refractivity contribution in [2.75, 3.05) is 19.5 Å². The quantitative estimate of drug-likeness (QED) is 0.809. The van der Waals surface area contributed by atoms with Gasteiger partial charge in [0.25, 0.3) is 0 Å². The number of hydrogen-bond acceptors (Lipinski definition) is 4. The number of rotatable bonds is 7. The molecule has 0 fully saturated rings. The van der Waals surface area contributed by atoms with Crippen LogP contribution in [0.2, 0.25) is 0 Å². The lowest BCUT2D eigenvalue weighted by molar-refractivity contribution is -0.121. The van der Waals surface area contributed by atoms with Gasteiger partial charge in [-0.3, -0.25) is 4.79 Å². The van der Waals surface area contributed by atoms with Gasteiger partial charge < -0.3 is 20.1 Å². The van der Waals surface area contributed by atoms with Gasteiger partial charge >= 0.3 is 0 Å². The standard InChI is InChI=1S/C20H26N2O3/c1-13-6-8-17(10-14(13)2)22-15(3)20(23)21-12-16-7-9-18(24-4)19(11-16)25-5/h6-11,15,22H,12H2,1-5H3,(H,21,23)/t15-/m0/s1. The summed E-state index contributed by atoms with van der Waals surface area (Å²) in [5.41, 5.74) is 4.32. The molecule has 0 aliphatic rings. The molecule has 2 aromatic carbocycles. The highest BCUT2D eigenvalue weighted by Gasteiger charge is 2.13. The van der Waals surface area contributed by atoms with Gasteiger partial charge in [-0.05, 0) is 61.7 Å². The molecule has 0 heterocycles. The summed E-state index contributed by atoms with van der Waals surface area (Å²) in [7, 11) is 3.19. The van der Waals surface area contributed by atoms with Gasteiger partial charge in [-0.25, -0.2) is 0 Å². The highest BCUT2D eigenvalue weighted by Crippen LogP contribution is 2.27. The smallest absolute Gasteiger partial charge is 0.242 e. The maximum absolute atomic E-state index is 12.3. The third-order valence-corrected chi connectivity index (χ3v) is 4.20. The first-order valence-electron chi connectivity index (χ1n) is 8.27. The Kier molecular flexibility index (Phi) is 6.28. The lowest BCUT2D eigenvalue weighted by Gasteiger charge is -2.16. The SMILES string of the molecule is COc1ccc(CNC(=O)[C@H](C)Nc2ccc(C)c(C)c2)cc1OC. The van der Waals surface area contributed by atoms with Gasteiger partial charge in [0.05, 0.1) is 14.2 Å². The fraction of sp³-hybridized carbons (Fsp3) is 0.350. The van der Waals surface area contributed by atoms with Crippen LogP contribution >= 0.6 is 0 Å². The zero-order chi connectivity index (χ0) is 18.4. The molecule has 0 unspecified atom stereocenters. The lowest BCUT2D eigenvalue weighted by atomic mass is 10.1. The van der Waals surface area contributed by atoms with Gasteiger partial charge in [0, 0.05) is 12.2 Å². The second-order valence-corrected chi connectivity index (χ2v) is 6.07. The largest absolute Gasteiger partial charge is 0.493 e. The molecular weight excluding hydrogens is 316 g/mol. The van der Waals surface area contributed by atoms with Crippen molar-refractivity contribution in [3.05, 3.63) is 53.1 Å². The molecule has 2 aromatic rings. The Balaban J connectivity index is 1.94. The van der Waals surface area contributed by atoms with E-state index in [4.69, 9.17) is 9.47 Å². The topological polar surface area (TPSA) is 59.6 Å². The summed E-state index contributed by atoms with van der Waals surface area (Å²) in [5.74, 6) is 1.26. The van der Waals surface area contributed by atoms with Gasteiger partial charge in [0.15, 0.2) is 11.5 Å². The Labute approximate surface area is 149 Å². The molecule has 1 atom stereocenters. The molecule has 2 rings (SSSR count). The van der Waals surface area contributed by atoms with Gasteiger partial charge in [-0.1, -0.05) is 12.1 Å². The summed E-state index contributed by atoms with van der Waals surface area (Å²) in [4.78, 5) is 12.3. The molecule has 134 valence electrons. The number of carbonyl (C=O) groups is 1. The van der Waals surface area contributed by atoms with Gasteiger partial charge in [0.2, 0.25) is 5.91 Å². The van der Waals surface area contributed by atoms with Gasteiger partial charge in [-0.2, -0.15) is 0 Å². The lowest BCUT2D eigenvalue weighted by Crippen LogP contribution is -2.37. The molecule has 0 spiro atoms. The number of carbonyl (C=O) groups excluding carboxylic acids is 1. The number of amides is 1. The minimum Gasteiger partial charge on any atom is -0.493 e. The van der Waals surface area contributed by atoms with Crippen molar-refractivity contribution in [2.45, 2.75) is 33.4 Å². The van der Waals surface area contributed by atoms with E-state index < -0.39 is 0 Å². The molecule has 0 saturated heterocycles. The molecular formula is C20H26N2O3. The Hall–Kier alpha value is -2.69. The molecule has 1 amide bonds. The van der Waals surface area contributed by atoms with E-state index in [2.05, 4.69) is 24.5 Å². The fourth-order valence-corrected chi connectivity index (χ4v) is 2.48. The Bertz CT molecular complexity index is 744. The molecule has 25 heavy (non-hydrogen) atoms. The Morgan fingerprint density at radius 2 is 1.72 bits per heavy atom. The van der Waals surface area contributed by atoms with Crippen LogP contribution in [0.1, 0.15) is 23.6 Å². The van der Waals surface area contributed by atoms with Crippen LogP contribution < -0.4 is 20.1 Å². The molecule has 0 radical (unpaired) electrons. The molecule has 0 aliphatic carbocycles. The molecule has 2 N–H and O–H groups in total. The molecule has 0 bridgehead atoms. The first-order chi connectivity index (χ1) is 11.9. The van der Waals surface area contributed by atoms with Gasteiger partial charge in [0.1, 0.15) is 6.04 Å². The molecule has 0 saturated carbocycles. The Morgan fingerprint density at radius 1 is 1.00 bits per heavy atom. The molecule has 0 aromatic heterocycles. The van der Waals surface area contributed by atoms with E-state index in [1.54, 1.807) is 14.2 Å². The van der Waals surface area contributed by atoms with Crippen molar-refractivity contribution in [1.82, 2.24) is 5.32 Å². The van der Waals surface area contributed by atoms with Crippen LogP contribution in [0.5, 0.6) is 11.5 Å². The number of benzene rings is 2. The summed E-state index contributed by atoms with van der Waals surface area (Å²) in [5, 5.41) is 6.17. The van der Waals surface area contributed by atoms with Crippen LogP contribution in [0.15, 0.2) is 36.4 Å². The van der Waals surface area contributed by atoms with Crippen LogP contribution in [0.4, 0.5) is 5.69 Å². The average molecular weight is 342 g/mol. The first-order valence-corrected chi connectivity index (χ1v) is 8.27. The second-order valence-electron chi connectivity index (χ2n) is 6.07. The first kappa shape index (κ1) is 18.6. The number of methoxy groups -OCH3 is 2. The summed E-state index contributed by atoms with van der Waals surface area (Å²) in [6, 6.07) is 11.3. The molecule has 5 nitrogen and oxygen atoms in total. The summed E-state index contributed by atoms with van der Waals surface area (Å²) >= 11 is 0. The van der Waals surface area contributed by atoms with E-state index in [-0.39, 0.29) is 11.9 Å². The molecule has 5 heteroatoms. The van der Waals surface area contributed by atoms with Crippen LogP contribution in [-0.4, -0.2) is 26.2 Å². The van der Waals surface area contributed by atoms with Crippen LogP contribution in [0.25, 0.3) is 0 Å². The maximum atomic E-state index is 12.3.